The predicted octanol–water partition coefficient (Wildman–Crippen LogP) is 3.26. The predicted molar refractivity (Wildman–Crippen MR) is 92.0 cm³/mol. The number of thioether (sulfide) groups is 1. The summed E-state index contributed by atoms with van der Waals surface area (Å²) in [6.07, 6.45) is 1.68. The number of anilines is 1. The fourth-order valence-electron chi connectivity index (χ4n) is 2.64. The van der Waals surface area contributed by atoms with Gasteiger partial charge in [0.1, 0.15) is 0 Å². The molecule has 1 aromatic carbocycles. The van der Waals surface area contributed by atoms with Crippen LogP contribution in [0, 0.1) is 5.41 Å². The van der Waals surface area contributed by atoms with Gasteiger partial charge in [-0.15, -0.1) is 0 Å². The molecule has 4 heteroatoms. The third-order valence-electron chi connectivity index (χ3n) is 3.79. The molecule has 0 aromatic heterocycles. The van der Waals surface area contributed by atoms with Gasteiger partial charge in [-0.2, -0.15) is 11.8 Å². The minimum absolute atomic E-state index is 0.140. The molecule has 1 N–H and O–H groups in total. The lowest BCUT2D eigenvalue weighted by molar-refractivity contribution is -0.127. The second kappa shape index (κ2) is 6.73. The molecule has 1 atom stereocenters. The summed E-state index contributed by atoms with van der Waals surface area (Å²) in [5, 5.41) is 3.62. The van der Waals surface area contributed by atoms with E-state index in [1.807, 2.05) is 23.9 Å². The molecule has 0 radical (unpaired) electrons. The highest BCUT2D eigenvalue weighted by atomic mass is 32.2. The highest BCUT2D eigenvalue weighted by Gasteiger charge is 2.28. The highest BCUT2D eigenvalue weighted by Crippen LogP contribution is 2.34. The number of amides is 1. The van der Waals surface area contributed by atoms with Crippen LogP contribution in [0.3, 0.4) is 0 Å². The number of nitrogens with one attached hydrogen (secondary N) is 1. The van der Waals surface area contributed by atoms with Gasteiger partial charge in [0, 0.05) is 31.6 Å². The molecule has 0 bridgehead atoms. The van der Waals surface area contributed by atoms with Gasteiger partial charge < -0.3 is 10.2 Å². The van der Waals surface area contributed by atoms with Crippen LogP contribution in [0.4, 0.5) is 5.69 Å². The SMILES string of the molecule is CN(C)C(=O)Cc1ccc(NC2CSCC(C)(C)C2)cc1. The van der Waals surface area contributed by atoms with E-state index >= 15 is 0 Å². The second-order valence-corrected chi connectivity index (χ2v) is 7.92. The number of rotatable bonds is 4. The van der Waals surface area contributed by atoms with Crippen molar-refractivity contribution in [2.24, 2.45) is 5.41 Å². The van der Waals surface area contributed by atoms with Gasteiger partial charge >= 0.3 is 0 Å². The maximum Gasteiger partial charge on any atom is 0.226 e. The monoisotopic (exact) mass is 306 g/mol. The van der Waals surface area contributed by atoms with Crippen LogP contribution < -0.4 is 5.32 Å². The average molecular weight is 306 g/mol. The number of hydrogen-bond donors (Lipinski definition) is 1. The van der Waals surface area contributed by atoms with Crippen molar-refractivity contribution in [2.45, 2.75) is 32.7 Å². The van der Waals surface area contributed by atoms with Gasteiger partial charge in [-0.05, 0) is 35.3 Å². The summed E-state index contributed by atoms with van der Waals surface area (Å²) in [4.78, 5) is 13.3. The summed E-state index contributed by atoms with van der Waals surface area (Å²) in [6, 6.07) is 8.80. The van der Waals surface area contributed by atoms with Crippen molar-refractivity contribution in [3.63, 3.8) is 0 Å². The number of benzene rings is 1. The first-order chi connectivity index (χ1) is 9.85. The van der Waals surface area contributed by atoms with Gasteiger partial charge in [-0.3, -0.25) is 4.79 Å². The summed E-state index contributed by atoms with van der Waals surface area (Å²) < 4.78 is 0. The summed E-state index contributed by atoms with van der Waals surface area (Å²) >= 11 is 2.03. The Labute approximate surface area is 132 Å². The third kappa shape index (κ3) is 4.95. The fraction of sp³-hybridized carbons (Fsp3) is 0.588. The minimum Gasteiger partial charge on any atom is -0.381 e. The fourth-order valence-corrected chi connectivity index (χ4v) is 3.92. The van der Waals surface area contributed by atoms with Crippen LogP contribution in [0.5, 0.6) is 0 Å². The molecule has 1 unspecified atom stereocenters. The Morgan fingerprint density at radius 1 is 1.33 bits per heavy atom. The van der Waals surface area contributed by atoms with Crippen molar-refractivity contribution in [1.82, 2.24) is 4.90 Å². The van der Waals surface area contributed by atoms with E-state index in [-0.39, 0.29) is 5.91 Å². The number of nitrogens with zero attached hydrogens (tertiary/aromatic N) is 1. The van der Waals surface area contributed by atoms with Crippen molar-refractivity contribution < 1.29 is 4.79 Å². The molecule has 3 nitrogen and oxygen atoms in total. The standard InChI is InChI=1S/C17H26N2OS/c1-17(2)10-15(11-21-12-17)18-14-7-5-13(6-8-14)9-16(20)19(3)4/h5-8,15,18H,9-12H2,1-4H3. The largest absolute Gasteiger partial charge is 0.381 e. The van der Waals surface area contributed by atoms with Crippen LogP contribution in [0.25, 0.3) is 0 Å². The minimum atomic E-state index is 0.140. The van der Waals surface area contributed by atoms with Crippen molar-refractivity contribution in [2.75, 3.05) is 30.9 Å². The summed E-state index contributed by atoms with van der Waals surface area (Å²) in [6.45, 7) is 4.67. The zero-order valence-electron chi connectivity index (χ0n) is 13.5. The number of hydrogen-bond acceptors (Lipinski definition) is 3. The highest BCUT2D eigenvalue weighted by molar-refractivity contribution is 7.99. The van der Waals surface area contributed by atoms with Gasteiger partial charge in [0.15, 0.2) is 0 Å². The Kier molecular flexibility index (Phi) is 5.20. The molecule has 1 fully saturated rings. The van der Waals surface area contributed by atoms with Crippen LogP contribution in [-0.4, -0.2) is 42.4 Å². The molecular weight excluding hydrogens is 280 g/mol. The van der Waals surface area contributed by atoms with Crippen LogP contribution >= 0.6 is 11.8 Å². The maximum absolute atomic E-state index is 11.7. The van der Waals surface area contributed by atoms with E-state index in [0.717, 1.165) is 11.3 Å². The van der Waals surface area contributed by atoms with Crippen molar-refractivity contribution in [1.29, 1.82) is 0 Å². The third-order valence-corrected chi connectivity index (χ3v) is 5.41. The smallest absolute Gasteiger partial charge is 0.226 e. The van der Waals surface area contributed by atoms with Crippen LogP contribution in [0.15, 0.2) is 24.3 Å². The number of likely N-dealkylation sites (N-methyl/N-ethyl adjacent to an activating group) is 1. The Morgan fingerprint density at radius 3 is 2.57 bits per heavy atom. The Morgan fingerprint density at radius 2 is 2.00 bits per heavy atom. The summed E-state index contributed by atoms with van der Waals surface area (Å²) in [5.41, 5.74) is 2.63. The molecule has 0 saturated carbocycles. The summed E-state index contributed by atoms with van der Waals surface area (Å²) in [7, 11) is 3.58. The molecule has 2 rings (SSSR count). The molecule has 1 heterocycles. The maximum atomic E-state index is 11.7. The molecule has 0 spiro atoms. The van der Waals surface area contributed by atoms with Gasteiger partial charge in [0.25, 0.3) is 0 Å². The van der Waals surface area contributed by atoms with E-state index in [2.05, 4.69) is 31.3 Å². The second-order valence-electron chi connectivity index (χ2n) is 6.89. The Hall–Kier alpha value is -1.16. The van der Waals surface area contributed by atoms with E-state index in [9.17, 15) is 4.79 Å². The molecule has 21 heavy (non-hydrogen) atoms. The zero-order valence-corrected chi connectivity index (χ0v) is 14.3. The molecule has 1 aromatic rings. The lowest BCUT2D eigenvalue weighted by Crippen LogP contribution is -2.35. The zero-order chi connectivity index (χ0) is 15.5. The van der Waals surface area contributed by atoms with Crippen LogP contribution in [0.2, 0.25) is 0 Å². The Balaban J connectivity index is 1.92. The van der Waals surface area contributed by atoms with E-state index in [1.165, 1.54) is 17.9 Å². The van der Waals surface area contributed by atoms with Crippen molar-refractivity contribution >= 4 is 23.4 Å². The average Bonchev–Trinajstić information content (AvgIpc) is 2.39. The Bertz CT molecular complexity index is 482. The quantitative estimate of drug-likeness (QED) is 0.926. The van der Waals surface area contributed by atoms with E-state index in [0.29, 0.717) is 17.9 Å². The van der Waals surface area contributed by atoms with E-state index < -0.39 is 0 Å². The lowest BCUT2D eigenvalue weighted by atomic mass is 9.88. The molecule has 1 aliphatic heterocycles. The first-order valence-electron chi connectivity index (χ1n) is 7.49. The van der Waals surface area contributed by atoms with Crippen molar-refractivity contribution in [3.8, 4) is 0 Å². The van der Waals surface area contributed by atoms with Gasteiger partial charge in [0.2, 0.25) is 5.91 Å². The van der Waals surface area contributed by atoms with Gasteiger partial charge in [-0.25, -0.2) is 0 Å². The van der Waals surface area contributed by atoms with E-state index in [1.54, 1.807) is 19.0 Å². The van der Waals surface area contributed by atoms with Gasteiger partial charge in [0.05, 0.1) is 6.42 Å². The molecule has 116 valence electrons. The van der Waals surface area contributed by atoms with Crippen molar-refractivity contribution in [3.05, 3.63) is 29.8 Å². The van der Waals surface area contributed by atoms with Gasteiger partial charge in [-0.1, -0.05) is 26.0 Å². The summed E-state index contributed by atoms with van der Waals surface area (Å²) in [5.74, 6) is 2.56. The topological polar surface area (TPSA) is 32.3 Å². The molecule has 1 saturated heterocycles. The normalized spacial score (nSPS) is 20.9. The number of carbonyl (C=O) groups excluding carboxylic acids is 1. The molecular formula is C17H26N2OS. The van der Waals surface area contributed by atoms with Crippen LogP contribution in [-0.2, 0) is 11.2 Å². The van der Waals surface area contributed by atoms with Crippen LogP contribution in [0.1, 0.15) is 25.8 Å². The molecule has 0 aliphatic carbocycles. The molecule has 1 aliphatic rings. The lowest BCUT2D eigenvalue weighted by Gasteiger charge is -2.35. The van der Waals surface area contributed by atoms with E-state index in [4.69, 9.17) is 0 Å². The molecule has 1 amide bonds. The first kappa shape index (κ1) is 16.2. The number of carbonyl (C=O) groups is 1. The first-order valence-corrected chi connectivity index (χ1v) is 8.64.